The van der Waals surface area contributed by atoms with Gasteiger partial charge in [0.2, 0.25) is 0 Å². The number of rotatable bonds is 5. The maximum absolute atomic E-state index is 11.0. The lowest BCUT2D eigenvalue weighted by atomic mass is 10.2. The van der Waals surface area contributed by atoms with Gasteiger partial charge in [0.25, 0.3) is 0 Å². The van der Waals surface area contributed by atoms with Gasteiger partial charge in [0.15, 0.2) is 0 Å². The second kappa shape index (κ2) is 7.03. The zero-order valence-electron chi connectivity index (χ0n) is 13.5. The summed E-state index contributed by atoms with van der Waals surface area (Å²) in [4.78, 5) is 31.0. The zero-order chi connectivity index (χ0) is 17.2. The highest BCUT2D eigenvalue weighted by Crippen LogP contribution is 2.34. The number of piperazine rings is 1. The van der Waals surface area contributed by atoms with Gasteiger partial charge in [0, 0.05) is 44.2 Å². The number of nitrogens with zero attached hydrogens (tertiary/aromatic N) is 4. The van der Waals surface area contributed by atoms with E-state index in [0.717, 1.165) is 48.6 Å². The number of ether oxygens (including phenoxy) is 1. The summed E-state index contributed by atoms with van der Waals surface area (Å²) in [5.41, 5.74) is 0.836. The van der Waals surface area contributed by atoms with Gasteiger partial charge in [-0.2, -0.15) is 0 Å². The van der Waals surface area contributed by atoms with Crippen molar-refractivity contribution in [3.8, 4) is 5.75 Å². The van der Waals surface area contributed by atoms with Crippen molar-refractivity contribution >= 4 is 24.3 Å². The summed E-state index contributed by atoms with van der Waals surface area (Å²) >= 11 is 0. The number of benzene rings is 1. The van der Waals surface area contributed by atoms with Gasteiger partial charge in [-0.3, -0.25) is 9.46 Å². The molecule has 1 aliphatic heterocycles. The third-order valence-electron chi connectivity index (χ3n) is 4.20. The van der Waals surface area contributed by atoms with Crippen molar-refractivity contribution in [2.24, 2.45) is 0 Å². The quantitative estimate of drug-likeness (QED) is 0.767. The highest BCUT2D eigenvalue weighted by molar-refractivity contribution is 7.51. The van der Waals surface area contributed by atoms with Gasteiger partial charge in [-0.25, -0.2) is 9.97 Å². The molecule has 1 fully saturated rings. The minimum atomic E-state index is -3.93. The molecule has 2 heterocycles. The molecule has 1 saturated heterocycles. The van der Waals surface area contributed by atoms with E-state index in [4.69, 9.17) is 14.5 Å². The molecule has 24 heavy (non-hydrogen) atoms. The molecule has 2 aromatic rings. The van der Waals surface area contributed by atoms with Crippen LogP contribution in [-0.2, 0) is 4.57 Å². The Kier molecular flexibility index (Phi) is 5.01. The van der Waals surface area contributed by atoms with Crippen LogP contribution in [0.1, 0.15) is 0 Å². The van der Waals surface area contributed by atoms with E-state index < -0.39 is 7.60 Å². The minimum Gasteiger partial charge on any atom is -0.497 e. The van der Waals surface area contributed by atoms with Crippen molar-refractivity contribution in [3.63, 3.8) is 0 Å². The monoisotopic (exact) mass is 352 g/mol. The zero-order valence-corrected chi connectivity index (χ0v) is 14.4. The summed E-state index contributed by atoms with van der Waals surface area (Å²) in [5.74, 6) is 1.65. The van der Waals surface area contributed by atoms with Crippen molar-refractivity contribution in [1.82, 2.24) is 14.9 Å². The Morgan fingerprint density at radius 2 is 1.96 bits per heavy atom. The standard InChI is InChI=1S/C15H21N4O4P/c1-23-12-2-3-13-14(10-12)16-11-17-15(13)19-6-4-18(5-7-19)8-9-24(20,21)22/h2-3,10-11H,4-9H2,1H3,(H2,20,21,22). The normalized spacial score (nSPS) is 16.5. The molecule has 0 saturated carbocycles. The van der Waals surface area contributed by atoms with Gasteiger partial charge in [-0.05, 0) is 12.1 Å². The maximum Gasteiger partial charge on any atom is 0.326 e. The van der Waals surface area contributed by atoms with Crippen molar-refractivity contribution < 1.29 is 19.1 Å². The molecule has 3 rings (SSSR count). The summed E-state index contributed by atoms with van der Waals surface area (Å²) in [6, 6.07) is 5.74. The van der Waals surface area contributed by atoms with Crippen LogP contribution in [0.5, 0.6) is 5.75 Å². The van der Waals surface area contributed by atoms with E-state index >= 15 is 0 Å². The lowest BCUT2D eigenvalue weighted by molar-refractivity contribution is 0.264. The Bertz CT molecular complexity index is 758. The molecule has 1 aromatic carbocycles. The Hall–Kier alpha value is -1.73. The summed E-state index contributed by atoms with van der Waals surface area (Å²) in [6.07, 6.45) is 1.46. The van der Waals surface area contributed by atoms with E-state index in [1.807, 2.05) is 18.2 Å². The van der Waals surface area contributed by atoms with Crippen molar-refractivity contribution in [1.29, 1.82) is 0 Å². The van der Waals surface area contributed by atoms with Gasteiger partial charge in [-0.1, -0.05) is 0 Å². The topological polar surface area (TPSA) is 99.0 Å². The van der Waals surface area contributed by atoms with E-state index in [-0.39, 0.29) is 6.16 Å². The second-order valence-electron chi connectivity index (χ2n) is 5.80. The molecule has 0 unspecified atom stereocenters. The fourth-order valence-corrected chi connectivity index (χ4v) is 3.40. The van der Waals surface area contributed by atoms with Crippen LogP contribution >= 0.6 is 7.60 Å². The molecule has 130 valence electrons. The van der Waals surface area contributed by atoms with Crippen molar-refractivity contribution in [3.05, 3.63) is 24.5 Å². The fraction of sp³-hybridized carbons (Fsp3) is 0.467. The Morgan fingerprint density at radius 1 is 1.21 bits per heavy atom. The molecular formula is C15H21N4O4P. The SMILES string of the molecule is COc1ccc2c(N3CCN(CCP(=O)(O)O)CC3)ncnc2c1. The number of methoxy groups -OCH3 is 1. The number of fused-ring (bicyclic) bond motifs is 1. The van der Waals surface area contributed by atoms with Crippen LogP contribution in [0.2, 0.25) is 0 Å². The maximum atomic E-state index is 11.0. The van der Waals surface area contributed by atoms with Crippen LogP contribution in [0, 0.1) is 0 Å². The first-order chi connectivity index (χ1) is 11.5. The smallest absolute Gasteiger partial charge is 0.326 e. The molecule has 8 nitrogen and oxygen atoms in total. The Labute approximate surface area is 140 Å². The first kappa shape index (κ1) is 17.1. The van der Waals surface area contributed by atoms with Crippen LogP contribution in [0.4, 0.5) is 5.82 Å². The number of hydrogen-bond donors (Lipinski definition) is 2. The van der Waals surface area contributed by atoms with E-state index in [9.17, 15) is 4.57 Å². The predicted octanol–water partition coefficient (Wildman–Crippen LogP) is 0.938. The van der Waals surface area contributed by atoms with E-state index in [1.54, 1.807) is 13.4 Å². The van der Waals surface area contributed by atoms with Gasteiger partial charge in [-0.15, -0.1) is 0 Å². The van der Waals surface area contributed by atoms with Crippen molar-refractivity contribution in [2.45, 2.75) is 0 Å². The van der Waals surface area contributed by atoms with Crippen LogP contribution in [-0.4, -0.2) is 70.7 Å². The van der Waals surface area contributed by atoms with Gasteiger partial charge >= 0.3 is 7.60 Å². The van der Waals surface area contributed by atoms with Gasteiger partial charge in [0.05, 0.1) is 18.8 Å². The third-order valence-corrected chi connectivity index (χ3v) is 4.98. The molecule has 0 radical (unpaired) electrons. The summed E-state index contributed by atoms with van der Waals surface area (Å²) in [6.45, 7) is 3.45. The summed E-state index contributed by atoms with van der Waals surface area (Å²) < 4.78 is 16.2. The van der Waals surface area contributed by atoms with E-state index in [0.29, 0.717) is 6.54 Å². The second-order valence-corrected chi connectivity index (χ2v) is 7.57. The number of hydrogen-bond acceptors (Lipinski definition) is 6. The Morgan fingerprint density at radius 3 is 2.62 bits per heavy atom. The average Bonchev–Trinajstić information content (AvgIpc) is 2.59. The predicted molar refractivity (Wildman–Crippen MR) is 91.7 cm³/mol. The molecule has 0 atom stereocenters. The summed E-state index contributed by atoms with van der Waals surface area (Å²) in [7, 11) is -2.31. The molecule has 0 bridgehead atoms. The highest BCUT2D eigenvalue weighted by atomic mass is 31.2. The van der Waals surface area contributed by atoms with E-state index in [1.165, 1.54) is 0 Å². The third kappa shape index (κ3) is 4.02. The van der Waals surface area contributed by atoms with Gasteiger partial charge < -0.3 is 19.4 Å². The molecule has 0 spiro atoms. The molecule has 1 aromatic heterocycles. The van der Waals surface area contributed by atoms with Crippen LogP contribution < -0.4 is 9.64 Å². The largest absolute Gasteiger partial charge is 0.497 e. The minimum absolute atomic E-state index is 0.0940. The first-order valence-corrected chi connectivity index (χ1v) is 9.57. The fourth-order valence-electron chi connectivity index (χ4n) is 2.86. The molecule has 2 N–H and O–H groups in total. The molecule has 9 heteroatoms. The lowest BCUT2D eigenvalue weighted by Crippen LogP contribution is -2.47. The average molecular weight is 352 g/mol. The Balaban J connectivity index is 1.70. The molecule has 1 aliphatic rings. The van der Waals surface area contributed by atoms with Gasteiger partial charge in [0.1, 0.15) is 17.9 Å². The highest BCUT2D eigenvalue weighted by Gasteiger charge is 2.22. The molecular weight excluding hydrogens is 331 g/mol. The van der Waals surface area contributed by atoms with E-state index in [2.05, 4.69) is 19.8 Å². The number of anilines is 1. The first-order valence-electron chi connectivity index (χ1n) is 7.77. The summed E-state index contributed by atoms with van der Waals surface area (Å²) in [5, 5.41) is 0.974. The van der Waals surface area contributed by atoms with Crippen LogP contribution in [0.15, 0.2) is 24.5 Å². The lowest BCUT2D eigenvalue weighted by Gasteiger charge is -2.35. The van der Waals surface area contributed by atoms with Crippen LogP contribution in [0.3, 0.4) is 0 Å². The number of aromatic nitrogens is 2. The van der Waals surface area contributed by atoms with Crippen molar-refractivity contribution in [2.75, 3.05) is 50.9 Å². The molecule has 0 aliphatic carbocycles. The van der Waals surface area contributed by atoms with Crippen LogP contribution in [0.25, 0.3) is 10.9 Å². The molecule has 0 amide bonds.